The number of rotatable bonds is 7. The van der Waals surface area contributed by atoms with Crippen LogP contribution in [0.3, 0.4) is 0 Å². The van der Waals surface area contributed by atoms with Crippen LogP contribution in [0, 0.1) is 0 Å². The molecule has 1 rings (SSSR count). The van der Waals surface area contributed by atoms with Crippen molar-refractivity contribution in [1.82, 2.24) is 9.80 Å². The summed E-state index contributed by atoms with van der Waals surface area (Å²) in [7, 11) is 0. The van der Waals surface area contributed by atoms with Crippen molar-refractivity contribution in [3.05, 3.63) is 0 Å². The predicted octanol–water partition coefficient (Wildman–Crippen LogP) is 0.960. The summed E-state index contributed by atoms with van der Waals surface area (Å²) < 4.78 is 5.43. The zero-order valence-corrected chi connectivity index (χ0v) is 10.7. The molecule has 0 aromatic carbocycles. The molecule has 0 unspecified atom stereocenters. The minimum absolute atomic E-state index is 0.777. The van der Waals surface area contributed by atoms with Gasteiger partial charge in [-0.1, -0.05) is 6.92 Å². The Morgan fingerprint density at radius 3 is 2.13 bits per heavy atom. The first-order valence-corrected chi connectivity index (χ1v) is 6.63. The molecule has 3 nitrogen and oxygen atoms in total. The third-order valence-corrected chi connectivity index (χ3v) is 2.97. The smallest absolute Gasteiger partial charge is 0.0593 e. The van der Waals surface area contributed by atoms with Crippen LogP contribution in [-0.4, -0.2) is 68.0 Å². The van der Waals surface area contributed by atoms with Gasteiger partial charge in [0.05, 0.1) is 13.2 Å². The maximum atomic E-state index is 5.43. The van der Waals surface area contributed by atoms with Crippen molar-refractivity contribution in [2.24, 2.45) is 0 Å². The molecule has 0 aromatic rings. The van der Waals surface area contributed by atoms with Crippen molar-refractivity contribution in [3.63, 3.8) is 0 Å². The Morgan fingerprint density at radius 2 is 1.60 bits per heavy atom. The number of ether oxygens (including phenoxy) is 1. The molecule has 1 fully saturated rings. The highest BCUT2D eigenvalue weighted by Gasteiger charge is 2.15. The Morgan fingerprint density at radius 1 is 1.00 bits per heavy atom. The van der Waals surface area contributed by atoms with Gasteiger partial charge in [0.15, 0.2) is 0 Å². The van der Waals surface area contributed by atoms with Crippen molar-refractivity contribution in [1.29, 1.82) is 0 Å². The van der Waals surface area contributed by atoms with Crippen LogP contribution in [0.1, 0.15) is 13.3 Å². The van der Waals surface area contributed by atoms with E-state index in [1.165, 1.54) is 39.1 Å². The summed E-state index contributed by atoms with van der Waals surface area (Å²) in [5.74, 6) is 0.824. The van der Waals surface area contributed by atoms with Gasteiger partial charge in [0.2, 0.25) is 0 Å². The van der Waals surface area contributed by atoms with E-state index in [4.69, 9.17) is 4.74 Å². The topological polar surface area (TPSA) is 15.7 Å². The molecule has 0 aliphatic carbocycles. The Hall–Kier alpha value is 0.230. The molecule has 4 heteroatoms. The summed E-state index contributed by atoms with van der Waals surface area (Å²) in [4.78, 5) is 5.04. The molecule has 0 spiro atoms. The molecule has 0 atom stereocenters. The summed E-state index contributed by atoms with van der Waals surface area (Å²) in [6.07, 6.45) is 1.27. The van der Waals surface area contributed by atoms with E-state index in [-0.39, 0.29) is 0 Å². The quantitative estimate of drug-likeness (QED) is 0.520. The molecule has 0 radical (unpaired) electrons. The molecule has 0 bridgehead atoms. The fraction of sp³-hybridized carbons (Fsp3) is 1.00. The lowest BCUT2D eigenvalue weighted by Gasteiger charge is -2.34. The maximum Gasteiger partial charge on any atom is 0.0593 e. The summed E-state index contributed by atoms with van der Waals surface area (Å²) in [5, 5.41) is 0. The van der Waals surface area contributed by atoms with Crippen molar-refractivity contribution in [2.75, 3.05) is 58.2 Å². The van der Waals surface area contributed by atoms with Gasteiger partial charge < -0.3 is 9.64 Å². The zero-order valence-electron chi connectivity index (χ0n) is 9.82. The summed E-state index contributed by atoms with van der Waals surface area (Å²) >= 11 is 4.11. The first kappa shape index (κ1) is 13.3. The second-order valence-corrected chi connectivity index (χ2v) is 4.47. The Labute approximate surface area is 99.2 Å². The van der Waals surface area contributed by atoms with Gasteiger partial charge in [-0.2, -0.15) is 12.6 Å². The molecule has 1 aliphatic rings. The average molecular weight is 232 g/mol. The molecule has 1 saturated heterocycles. The van der Waals surface area contributed by atoms with Gasteiger partial charge in [-0.15, -0.1) is 0 Å². The van der Waals surface area contributed by atoms with E-state index in [1.807, 2.05) is 0 Å². The van der Waals surface area contributed by atoms with Crippen LogP contribution in [-0.2, 0) is 4.74 Å². The van der Waals surface area contributed by atoms with Gasteiger partial charge in [-0.05, 0) is 13.0 Å². The monoisotopic (exact) mass is 232 g/mol. The normalized spacial score (nSPS) is 19.6. The highest BCUT2D eigenvalue weighted by molar-refractivity contribution is 7.80. The number of nitrogens with zero attached hydrogens (tertiary/aromatic N) is 2. The van der Waals surface area contributed by atoms with E-state index >= 15 is 0 Å². The minimum atomic E-state index is 0.777. The fourth-order valence-electron chi connectivity index (χ4n) is 1.91. The van der Waals surface area contributed by atoms with Crippen molar-refractivity contribution < 1.29 is 4.74 Å². The molecular weight excluding hydrogens is 208 g/mol. The van der Waals surface area contributed by atoms with Crippen LogP contribution in [0.2, 0.25) is 0 Å². The van der Waals surface area contributed by atoms with Gasteiger partial charge >= 0.3 is 0 Å². The highest BCUT2D eigenvalue weighted by Crippen LogP contribution is 2.01. The number of hydrogen-bond acceptors (Lipinski definition) is 4. The van der Waals surface area contributed by atoms with Crippen LogP contribution in [0.4, 0.5) is 0 Å². The van der Waals surface area contributed by atoms with Crippen molar-refractivity contribution in [2.45, 2.75) is 13.3 Å². The SMILES string of the molecule is CCCN1CCN(CCOCCS)CC1. The first-order valence-electron chi connectivity index (χ1n) is 6.00. The average Bonchev–Trinajstić information content (AvgIpc) is 2.27. The van der Waals surface area contributed by atoms with E-state index in [0.29, 0.717) is 0 Å². The Kier molecular flexibility index (Phi) is 7.44. The van der Waals surface area contributed by atoms with Gasteiger partial charge in [0, 0.05) is 38.5 Å². The molecule has 0 saturated carbocycles. The molecule has 90 valence electrons. The third kappa shape index (κ3) is 5.76. The molecule has 15 heavy (non-hydrogen) atoms. The maximum absolute atomic E-state index is 5.43. The lowest BCUT2D eigenvalue weighted by molar-refractivity contribution is 0.0820. The van der Waals surface area contributed by atoms with Crippen molar-refractivity contribution in [3.8, 4) is 0 Å². The number of piperazine rings is 1. The minimum Gasteiger partial charge on any atom is -0.379 e. The highest BCUT2D eigenvalue weighted by atomic mass is 32.1. The summed E-state index contributed by atoms with van der Waals surface area (Å²) in [6.45, 7) is 11.1. The first-order chi connectivity index (χ1) is 7.36. The van der Waals surface area contributed by atoms with Crippen LogP contribution >= 0.6 is 12.6 Å². The van der Waals surface area contributed by atoms with Crippen LogP contribution in [0.25, 0.3) is 0 Å². The van der Waals surface area contributed by atoms with E-state index in [0.717, 1.165) is 25.5 Å². The molecule has 0 amide bonds. The molecule has 0 aromatic heterocycles. The molecule has 1 heterocycles. The van der Waals surface area contributed by atoms with Crippen LogP contribution < -0.4 is 0 Å². The second-order valence-electron chi connectivity index (χ2n) is 4.02. The predicted molar refractivity (Wildman–Crippen MR) is 67.8 cm³/mol. The van der Waals surface area contributed by atoms with Gasteiger partial charge in [0.1, 0.15) is 0 Å². The largest absolute Gasteiger partial charge is 0.379 e. The molecule has 0 N–H and O–H groups in total. The van der Waals surface area contributed by atoms with Gasteiger partial charge in [-0.25, -0.2) is 0 Å². The second kappa shape index (κ2) is 8.39. The lowest BCUT2D eigenvalue weighted by Crippen LogP contribution is -2.47. The van der Waals surface area contributed by atoms with Gasteiger partial charge in [0.25, 0.3) is 0 Å². The fourth-order valence-corrected chi connectivity index (χ4v) is 2.04. The van der Waals surface area contributed by atoms with Gasteiger partial charge in [-0.3, -0.25) is 4.90 Å². The zero-order chi connectivity index (χ0) is 10.9. The van der Waals surface area contributed by atoms with Crippen LogP contribution in [0.5, 0.6) is 0 Å². The van der Waals surface area contributed by atoms with E-state index < -0.39 is 0 Å². The van der Waals surface area contributed by atoms with E-state index in [2.05, 4.69) is 29.4 Å². The van der Waals surface area contributed by atoms with Crippen molar-refractivity contribution >= 4 is 12.6 Å². The van der Waals surface area contributed by atoms with E-state index in [1.54, 1.807) is 0 Å². The van der Waals surface area contributed by atoms with Crippen LogP contribution in [0.15, 0.2) is 0 Å². The standard InChI is InChI=1S/C11H24N2OS/c1-2-3-12-4-6-13(7-5-12)8-9-14-10-11-15/h15H,2-11H2,1H3. The Bertz CT molecular complexity index is 147. The summed E-state index contributed by atoms with van der Waals surface area (Å²) in [6, 6.07) is 0. The lowest BCUT2D eigenvalue weighted by atomic mass is 10.3. The number of hydrogen-bond donors (Lipinski definition) is 1. The van der Waals surface area contributed by atoms with E-state index in [9.17, 15) is 0 Å². The third-order valence-electron chi connectivity index (χ3n) is 2.79. The number of thiol groups is 1. The Balaban J connectivity index is 1.99. The summed E-state index contributed by atoms with van der Waals surface area (Å²) in [5.41, 5.74) is 0. The molecular formula is C11H24N2OS. The molecule has 1 aliphatic heterocycles.